The van der Waals surface area contributed by atoms with Crippen molar-refractivity contribution in [1.82, 2.24) is 14.8 Å². The Morgan fingerprint density at radius 2 is 1.85 bits per heavy atom. The first-order valence-electron chi connectivity index (χ1n) is 10.5. The van der Waals surface area contributed by atoms with Gasteiger partial charge in [-0.25, -0.2) is 4.79 Å². The fraction of sp³-hybridized carbons (Fsp3) is 0.154. The van der Waals surface area contributed by atoms with Crippen molar-refractivity contribution in [2.75, 3.05) is 7.11 Å². The van der Waals surface area contributed by atoms with Crippen LogP contribution in [0.4, 0.5) is 0 Å². The van der Waals surface area contributed by atoms with Crippen molar-refractivity contribution < 1.29 is 18.7 Å². The lowest BCUT2D eigenvalue weighted by Gasteiger charge is -2.13. The molecule has 0 unspecified atom stereocenters. The van der Waals surface area contributed by atoms with E-state index in [1.54, 1.807) is 7.11 Å². The predicted molar refractivity (Wildman–Crippen MR) is 125 cm³/mol. The van der Waals surface area contributed by atoms with Crippen molar-refractivity contribution in [2.45, 2.75) is 20.5 Å². The summed E-state index contributed by atoms with van der Waals surface area (Å²) in [4.78, 5) is 12.6. The standard InChI is InChI=1S/C26H22N4O4/c1-17-13-20(18(2)30(17)22-11-7-8-12-23(22)32-3)14-21(15-27)26(31)33-16-24-28-29-25(34-24)19-9-5-4-6-10-19/h4-14H,16H2,1-3H3. The van der Waals surface area contributed by atoms with Crippen LogP contribution in [0, 0.1) is 25.2 Å². The lowest BCUT2D eigenvalue weighted by Crippen LogP contribution is -2.07. The number of hydrogen-bond donors (Lipinski definition) is 0. The van der Waals surface area contributed by atoms with E-state index in [9.17, 15) is 10.1 Å². The highest BCUT2D eigenvalue weighted by atomic mass is 16.5. The third-order valence-electron chi connectivity index (χ3n) is 5.25. The molecule has 0 saturated heterocycles. The third kappa shape index (κ3) is 4.59. The van der Waals surface area contributed by atoms with E-state index >= 15 is 0 Å². The van der Waals surface area contributed by atoms with E-state index in [0.717, 1.165) is 28.2 Å². The number of carbonyl (C=O) groups excluding carboxylic acids is 1. The molecular weight excluding hydrogens is 432 g/mol. The number of methoxy groups -OCH3 is 1. The quantitative estimate of drug-likeness (QED) is 0.224. The summed E-state index contributed by atoms with van der Waals surface area (Å²) in [7, 11) is 1.61. The van der Waals surface area contributed by atoms with Crippen molar-refractivity contribution in [3.8, 4) is 29.0 Å². The molecule has 0 atom stereocenters. The van der Waals surface area contributed by atoms with Gasteiger partial charge in [0.1, 0.15) is 17.4 Å². The summed E-state index contributed by atoms with van der Waals surface area (Å²) in [5.41, 5.74) is 4.00. The molecule has 0 radical (unpaired) electrons. The molecule has 2 aromatic carbocycles. The van der Waals surface area contributed by atoms with Crippen LogP contribution in [0.5, 0.6) is 5.75 Å². The van der Waals surface area contributed by atoms with E-state index in [1.807, 2.05) is 85.1 Å². The van der Waals surface area contributed by atoms with Crippen LogP contribution in [0.3, 0.4) is 0 Å². The van der Waals surface area contributed by atoms with Gasteiger partial charge in [0.15, 0.2) is 6.61 Å². The molecule has 4 rings (SSSR count). The van der Waals surface area contributed by atoms with Crippen LogP contribution in [-0.2, 0) is 16.1 Å². The van der Waals surface area contributed by atoms with Crippen LogP contribution in [-0.4, -0.2) is 27.8 Å². The molecule has 8 nitrogen and oxygen atoms in total. The second-order valence-corrected chi connectivity index (χ2v) is 7.45. The summed E-state index contributed by atoms with van der Waals surface area (Å²) in [6.45, 7) is 3.62. The summed E-state index contributed by atoms with van der Waals surface area (Å²) in [5.74, 6) is 0.406. The van der Waals surface area contributed by atoms with E-state index in [4.69, 9.17) is 13.9 Å². The third-order valence-corrected chi connectivity index (χ3v) is 5.25. The second-order valence-electron chi connectivity index (χ2n) is 7.45. The maximum atomic E-state index is 12.6. The van der Waals surface area contributed by atoms with E-state index in [1.165, 1.54) is 6.08 Å². The average Bonchev–Trinajstić information content (AvgIpc) is 3.45. The van der Waals surface area contributed by atoms with Crippen LogP contribution in [0.2, 0.25) is 0 Å². The molecule has 170 valence electrons. The van der Waals surface area contributed by atoms with Gasteiger partial charge >= 0.3 is 5.97 Å². The summed E-state index contributed by atoms with van der Waals surface area (Å²) in [6, 6.07) is 20.7. The maximum absolute atomic E-state index is 12.6. The average molecular weight is 454 g/mol. The minimum absolute atomic E-state index is 0.136. The van der Waals surface area contributed by atoms with Gasteiger partial charge < -0.3 is 18.5 Å². The van der Waals surface area contributed by atoms with Crippen molar-refractivity contribution in [1.29, 1.82) is 5.26 Å². The zero-order chi connectivity index (χ0) is 24.1. The van der Waals surface area contributed by atoms with Gasteiger partial charge in [0.25, 0.3) is 5.89 Å². The van der Waals surface area contributed by atoms with Crippen molar-refractivity contribution in [3.05, 3.63) is 89.1 Å². The van der Waals surface area contributed by atoms with E-state index in [-0.39, 0.29) is 18.1 Å². The SMILES string of the molecule is COc1ccccc1-n1c(C)cc(C=C(C#N)C(=O)OCc2nnc(-c3ccccc3)o2)c1C. The number of carbonyl (C=O) groups is 1. The molecule has 0 N–H and O–H groups in total. The van der Waals surface area contributed by atoms with Crippen LogP contribution >= 0.6 is 0 Å². The van der Waals surface area contributed by atoms with Crippen LogP contribution in [0.15, 0.2) is 70.7 Å². The number of aromatic nitrogens is 3. The first-order valence-corrected chi connectivity index (χ1v) is 10.5. The molecule has 0 fully saturated rings. The monoisotopic (exact) mass is 454 g/mol. The Hall–Kier alpha value is -4.64. The first kappa shape index (κ1) is 22.6. The van der Waals surface area contributed by atoms with Crippen molar-refractivity contribution in [3.63, 3.8) is 0 Å². The number of nitrogens with zero attached hydrogens (tertiary/aromatic N) is 4. The predicted octanol–water partition coefficient (Wildman–Crippen LogP) is 4.80. The fourth-order valence-corrected chi connectivity index (χ4v) is 3.63. The Bertz CT molecular complexity index is 1390. The number of para-hydroxylation sites is 2. The normalized spacial score (nSPS) is 11.2. The lowest BCUT2D eigenvalue weighted by molar-refractivity contribution is -0.140. The molecule has 2 heterocycles. The van der Waals surface area contributed by atoms with Crippen molar-refractivity contribution in [2.24, 2.45) is 0 Å². The zero-order valence-electron chi connectivity index (χ0n) is 19.0. The van der Waals surface area contributed by atoms with Crippen LogP contribution in [0.25, 0.3) is 23.2 Å². The molecule has 34 heavy (non-hydrogen) atoms. The fourth-order valence-electron chi connectivity index (χ4n) is 3.63. The van der Waals surface area contributed by atoms with Gasteiger partial charge in [-0.05, 0) is 55.8 Å². The van der Waals surface area contributed by atoms with E-state index in [2.05, 4.69) is 10.2 Å². The Morgan fingerprint density at radius 3 is 2.59 bits per heavy atom. The number of aryl methyl sites for hydroxylation is 1. The molecule has 0 aliphatic rings. The molecular formula is C26H22N4O4. The second kappa shape index (κ2) is 9.88. The number of rotatable bonds is 7. The molecule has 0 amide bonds. The summed E-state index contributed by atoms with van der Waals surface area (Å²) >= 11 is 0. The zero-order valence-corrected chi connectivity index (χ0v) is 19.0. The van der Waals surface area contributed by atoms with Gasteiger partial charge in [-0.3, -0.25) is 0 Å². The van der Waals surface area contributed by atoms with Gasteiger partial charge in [0.2, 0.25) is 5.89 Å². The Labute approximate surface area is 196 Å². The summed E-state index contributed by atoms with van der Waals surface area (Å²) < 4.78 is 18.3. The number of benzene rings is 2. The first-order chi connectivity index (χ1) is 16.5. The number of esters is 1. The molecule has 0 spiro atoms. The van der Waals surface area contributed by atoms with Gasteiger partial charge in [-0.1, -0.05) is 30.3 Å². The Morgan fingerprint density at radius 1 is 1.12 bits per heavy atom. The number of nitriles is 1. The highest BCUT2D eigenvalue weighted by Gasteiger charge is 2.17. The summed E-state index contributed by atoms with van der Waals surface area (Å²) in [6.07, 6.45) is 1.51. The van der Waals surface area contributed by atoms with Gasteiger partial charge in [-0.15, -0.1) is 10.2 Å². The van der Waals surface area contributed by atoms with Gasteiger partial charge in [0.05, 0.1) is 12.8 Å². The molecule has 0 saturated carbocycles. The smallest absolute Gasteiger partial charge is 0.349 e. The minimum atomic E-state index is -0.774. The van der Waals surface area contributed by atoms with Crippen LogP contribution < -0.4 is 4.74 Å². The Balaban J connectivity index is 1.52. The molecule has 0 bridgehead atoms. The maximum Gasteiger partial charge on any atom is 0.349 e. The number of ether oxygens (including phenoxy) is 2. The van der Waals surface area contributed by atoms with Gasteiger partial charge in [0, 0.05) is 17.0 Å². The highest BCUT2D eigenvalue weighted by Crippen LogP contribution is 2.29. The largest absolute Gasteiger partial charge is 0.495 e. The van der Waals surface area contributed by atoms with E-state index < -0.39 is 5.97 Å². The topological polar surface area (TPSA) is 103 Å². The van der Waals surface area contributed by atoms with E-state index in [0.29, 0.717) is 11.6 Å². The van der Waals surface area contributed by atoms with Gasteiger partial charge in [-0.2, -0.15) is 5.26 Å². The molecule has 2 aromatic heterocycles. The molecule has 0 aliphatic carbocycles. The molecule has 4 aromatic rings. The Kier molecular flexibility index (Phi) is 6.55. The molecule has 8 heteroatoms. The lowest BCUT2D eigenvalue weighted by atomic mass is 10.1. The highest BCUT2D eigenvalue weighted by molar-refractivity contribution is 5.98. The minimum Gasteiger partial charge on any atom is -0.495 e. The number of hydrogen-bond acceptors (Lipinski definition) is 7. The summed E-state index contributed by atoms with van der Waals surface area (Å²) in [5, 5.41) is 17.4. The molecule has 0 aliphatic heterocycles. The van der Waals surface area contributed by atoms with Crippen molar-refractivity contribution >= 4 is 12.0 Å². The van der Waals surface area contributed by atoms with Crippen LogP contribution in [0.1, 0.15) is 22.8 Å².